The number of likely N-dealkylation sites (tertiary alicyclic amines) is 3. The zero-order valence-corrected chi connectivity index (χ0v) is 18.9. The average Bonchev–Trinajstić information content (AvgIpc) is 3.50. The number of fused-ring (bicyclic) bond motifs is 2. The summed E-state index contributed by atoms with van der Waals surface area (Å²) in [7, 11) is 0. The Bertz CT molecular complexity index is 908. The first-order chi connectivity index (χ1) is 15.3. The van der Waals surface area contributed by atoms with Gasteiger partial charge in [0.25, 0.3) is 0 Å². The number of hydrogen-bond acceptors (Lipinski definition) is 3. The van der Waals surface area contributed by atoms with E-state index >= 15 is 0 Å². The minimum absolute atomic E-state index is 0.0684. The molecule has 32 heavy (non-hydrogen) atoms. The van der Waals surface area contributed by atoms with Gasteiger partial charge in [-0.1, -0.05) is 6.07 Å². The molecule has 1 aromatic carbocycles. The molecule has 4 aliphatic rings. The van der Waals surface area contributed by atoms with E-state index < -0.39 is 17.0 Å². The third kappa shape index (κ3) is 3.53. The molecule has 0 radical (unpaired) electrons. The van der Waals surface area contributed by atoms with Crippen molar-refractivity contribution in [3.63, 3.8) is 0 Å². The fourth-order valence-corrected chi connectivity index (χ4v) is 7.04. The number of piperidine rings is 1. The van der Waals surface area contributed by atoms with Crippen LogP contribution in [0.5, 0.6) is 0 Å². The molecule has 4 fully saturated rings. The van der Waals surface area contributed by atoms with Gasteiger partial charge >= 0.3 is 0 Å². The van der Waals surface area contributed by atoms with Gasteiger partial charge < -0.3 is 9.80 Å². The molecule has 5 rings (SSSR count). The van der Waals surface area contributed by atoms with Gasteiger partial charge in [0.15, 0.2) is 11.6 Å². The molecule has 7 heteroatoms. The van der Waals surface area contributed by atoms with E-state index in [0.717, 1.165) is 70.3 Å². The van der Waals surface area contributed by atoms with Crippen molar-refractivity contribution in [1.82, 2.24) is 14.7 Å². The number of amides is 2. The number of nitrogens with zero attached hydrogens (tertiary/aromatic N) is 3. The predicted octanol–water partition coefficient (Wildman–Crippen LogP) is 3.43. The van der Waals surface area contributed by atoms with Crippen molar-refractivity contribution in [1.29, 1.82) is 0 Å². The topological polar surface area (TPSA) is 43.9 Å². The number of halogens is 2. The lowest BCUT2D eigenvalue weighted by atomic mass is 9.65. The lowest BCUT2D eigenvalue weighted by molar-refractivity contribution is -0.143. The number of carbonyl (C=O) groups is 2. The van der Waals surface area contributed by atoms with Crippen molar-refractivity contribution >= 4 is 11.8 Å². The first-order valence-electron chi connectivity index (χ1n) is 12.0. The lowest BCUT2D eigenvalue weighted by Gasteiger charge is -2.44. The van der Waals surface area contributed by atoms with E-state index in [4.69, 9.17) is 0 Å². The van der Waals surface area contributed by atoms with Crippen LogP contribution in [-0.2, 0) is 16.1 Å². The van der Waals surface area contributed by atoms with E-state index in [-0.39, 0.29) is 23.1 Å². The lowest BCUT2D eigenvalue weighted by Crippen LogP contribution is -2.49. The smallest absolute Gasteiger partial charge is 0.230 e. The number of carbonyl (C=O) groups excluding carboxylic acids is 2. The van der Waals surface area contributed by atoms with Gasteiger partial charge in [0.1, 0.15) is 0 Å². The van der Waals surface area contributed by atoms with Gasteiger partial charge in [-0.05, 0) is 80.6 Å². The molecule has 1 spiro atoms. The monoisotopic (exact) mass is 445 g/mol. The van der Waals surface area contributed by atoms with E-state index in [2.05, 4.69) is 4.90 Å². The van der Waals surface area contributed by atoms with Crippen LogP contribution in [0.3, 0.4) is 0 Å². The Morgan fingerprint density at radius 3 is 2.34 bits per heavy atom. The van der Waals surface area contributed by atoms with Crippen LogP contribution in [0.4, 0.5) is 8.78 Å². The van der Waals surface area contributed by atoms with Crippen molar-refractivity contribution in [2.45, 2.75) is 52.0 Å². The quantitative estimate of drug-likeness (QED) is 0.716. The highest BCUT2D eigenvalue weighted by Crippen LogP contribution is 2.62. The highest BCUT2D eigenvalue weighted by Gasteiger charge is 2.65. The fourth-order valence-electron chi connectivity index (χ4n) is 7.04. The van der Waals surface area contributed by atoms with E-state index in [1.54, 1.807) is 13.0 Å². The third-order valence-corrected chi connectivity index (χ3v) is 8.86. The maximum absolute atomic E-state index is 13.7. The molecule has 0 unspecified atom stereocenters. The summed E-state index contributed by atoms with van der Waals surface area (Å²) in [4.78, 5) is 32.3. The Kier molecular flexibility index (Phi) is 5.51. The molecule has 174 valence electrons. The van der Waals surface area contributed by atoms with Gasteiger partial charge in [-0.2, -0.15) is 0 Å². The van der Waals surface area contributed by atoms with Crippen LogP contribution in [0.25, 0.3) is 0 Å². The normalized spacial score (nSPS) is 29.7. The molecular formula is C25H33F2N3O2. The summed E-state index contributed by atoms with van der Waals surface area (Å²) in [5.74, 6) is -1.04. The molecule has 1 saturated carbocycles. The molecule has 3 saturated heterocycles. The third-order valence-electron chi connectivity index (χ3n) is 8.86. The first-order valence-corrected chi connectivity index (χ1v) is 12.0. The van der Waals surface area contributed by atoms with Crippen molar-refractivity contribution < 1.29 is 18.4 Å². The molecule has 0 N–H and O–H groups in total. The van der Waals surface area contributed by atoms with Gasteiger partial charge in [0.05, 0.1) is 5.41 Å². The number of hydrogen-bond donors (Lipinski definition) is 0. The molecule has 5 nitrogen and oxygen atoms in total. The molecule has 0 bridgehead atoms. The second-order valence-corrected chi connectivity index (χ2v) is 10.5. The maximum Gasteiger partial charge on any atom is 0.230 e. The molecule has 0 aromatic heterocycles. The average molecular weight is 446 g/mol. The summed E-state index contributed by atoms with van der Waals surface area (Å²) in [5, 5.41) is 0. The van der Waals surface area contributed by atoms with Crippen LogP contribution >= 0.6 is 0 Å². The van der Waals surface area contributed by atoms with Gasteiger partial charge in [0, 0.05) is 39.6 Å². The minimum atomic E-state index is -0.812. The molecule has 1 aromatic rings. The summed E-state index contributed by atoms with van der Waals surface area (Å²) in [5.41, 5.74) is 0.455. The van der Waals surface area contributed by atoms with Crippen LogP contribution in [0, 0.1) is 28.4 Å². The van der Waals surface area contributed by atoms with Crippen molar-refractivity contribution in [3.05, 3.63) is 35.4 Å². The number of benzene rings is 1. The summed E-state index contributed by atoms with van der Waals surface area (Å²) in [6, 6.07) is 4.14. The van der Waals surface area contributed by atoms with Crippen LogP contribution < -0.4 is 0 Å². The number of rotatable bonds is 3. The second kappa shape index (κ2) is 8.08. The van der Waals surface area contributed by atoms with Gasteiger partial charge in [0.2, 0.25) is 11.8 Å². The first kappa shape index (κ1) is 21.8. The summed E-state index contributed by atoms with van der Waals surface area (Å²) < 4.78 is 26.9. The van der Waals surface area contributed by atoms with Crippen molar-refractivity contribution in [3.8, 4) is 0 Å². The molecule has 1 aliphatic carbocycles. The fraction of sp³-hybridized carbons (Fsp3) is 0.680. The largest absolute Gasteiger partial charge is 0.342 e. The second-order valence-electron chi connectivity index (χ2n) is 10.5. The van der Waals surface area contributed by atoms with Crippen molar-refractivity contribution in [2.75, 3.05) is 39.3 Å². The zero-order chi connectivity index (χ0) is 22.5. The summed E-state index contributed by atoms with van der Waals surface area (Å²) >= 11 is 0. The van der Waals surface area contributed by atoms with E-state index in [1.165, 1.54) is 12.1 Å². The Balaban J connectivity index is 1.32. The highest BCUT2D eigenvalue weighted by atomic mass is 19.2. The van der Waals surface area contributed by atoms with Crippen LogP contribution in [0.1, 0.15) is 51.0 Å². The maximum atomic E-state index is 13.7. The van der Waals surface area contributed by atoms with Crippen molar-refractivity contribution in [2.24, 2.45) is 16.7 Å². The standard InChI is InChI=1S/C25H33F2N3O2/c1-18(31)30-16-22-24(6-7-25(22,17-30)23(32)29-10-2-3-11-29)8-12-28(13-9-24)15-19-4-5-20(26)21(27)14-19/h4-5,14,22H,2-3,6-13,15-17H2,1H3/t22-,25+/m0/s1. The molecule has 2 amide bonds. The van der Waals surface area contributed by atoms with E-state index in [9.17, 15) is 18.4 Å². The molecule has 3 heterocycles. The van der Waals surface area contributed by atoms with Crippen LogP contribution in [-0.4, -0.2) is 65.8 Å². The summed E-state index contributed by atoms with van der Waals surface area (Å²) in [6.45, 7) is 6.94. The van der Waals surface area contributed by atoms with E-state index in [0.29, 0.717) is 19.6 Å². The Labute approximate surface area is 188 Å². The molecule has 2 atom stereocenters. The van der Waals surface area contributed by atoms with Gasteiger partial charge in [-0.3, -0.25) is 14.5 Å². The minimum Gasteiger partial charge on any atom is -0.342 e. The Morgan fingerprint density at radius 1 is 0.969 bits per heavy atom. The molecular weight excluding hydrogens is 412 g/mol. The Morgan fingerprint density at radius 2 is 1.69 bits per heavy atom. The van der Waals surface area contributed by atoms with Gasteiger partial charge in [-0.25, -0.2) is 8.78 Å². The Hall–Kier alpha value is -2.02. The zero-order valence-electron chi connectivity index (χ0n) is 18.9. The molecule has 3 aliphatic heterocycles. The van der Waals surface area contributed by atoms with Crippen LogP contribution in [0.15, 0.2) is 18.2 Å². The summed E-state index contributed by atoms with van der Waals surface area (Å²) in [6.07, 6.45) is 6.05. The highest BCUT2D eigenvalue weighted by molar-refractivity contribution is 5.86. The van der Waals surface area contributed by atoms with Crippen LogP contribution in [0.2, 0.25) is 0 Å². The predicted molar refractivity (Wildman–Crippen MR) is 117 cm³/mol. The van der Waals surface area contributed by atoms with E-state index in [1.807, 2.05) is 9.80 Å². The van der Waals surface area contributed by atoms with Gasteiger partial charge in [-0.15, -0.1) is 0 Å². The SMILES string of the molecule is CC(=O)N1C[C@H]2C3(CCN(Cc4ccc(F)c(F)c4)CC3)CC[C@@]2(C(=O)N2CCCC2)C1.